The van der Waals surface area contributed by atoms with Gasteiger partial charge in [0.25, 0.3) is 0 Å². The number of hydrogen-bond acceptors (Lipinski definition) is 5. The number of rotatable bonds is 7. The number of amides is 1. The summed E-state index contributed by atoms with van der Waals surface area (Å²) in [7, 11) is 0. The second kappa shape index (κ2) is 9.64. The average molecular weight is 423 g/mol. The SMILES string of the molecule is CCOc1ccccc1N1CCN(C(=O)CCc2ncc(-c3ccccc3F)o2)CC1. The maximum atomic E-state index is 13.9. The minimum atomic E-state index is -0.356. The number of hydrogen-bond donors (Lipinski definition) is 0. The van der Waals surface area contributed by atoms with E-state index in [1.54, 1.807) is 18.2 Å². The van der Waals surface area contributed by atoms with E-state index >= 15 is 0 Å². The molecule has 1 amide bonds. The van der Waals surface area contributed by atoms with Gasteiger partial charge < -0.3 is 19.0 Å². The Hall–Kier alpha value is -3.35. The summed E-state index contributed by atoms with van der Waals surface area (Å²) in [6.45, 7) is 5.42. The maximum Gasteiger partial charge on any atom is 0.223 e. The average Bonchev–Trinajstić information content (AvgIpc) is 3.27. The first kappa shape index (κ1) is 20.9. The van der Waals surface area contributed by atoms with Gasteiger partial charge in [0.05, 0.1) is 24.1 Å². The molecule has 6 nitrogen and oxygen atoms in total. The van der Waals surface area contributed by atoms with E-state index in [0.29, 0.717) is 49.8 Å². The summed E-state index contributed by atoms with van der Waals surface area (Å²) < 4.78 is 25.3. The molecule has 2 heterocycles. The molecule has 1 aliphatic heterocycles. The number of piperazine rings is 1. The Bertz CT molecular complexity index is 1030. The predicted octanol–water partition coefficient (Wildman–Crippen LogP) is 4.16. The molecule has 1 aromatic heterocycles. The number of halogens is 1. The first-order chi connectivity index (χ1) is 15.2. The topological polar surface area (TPSA) is 58.8 Å². The molecule has 0 spiro atoms. The van der Waals surface area contributed by atoms with Gasteiger partial charge in [0.2, 0.25) is 5.91 Å². The molecule has 0 aliphatic carbocycles. The Morgan fingerprint density at radius 2 is 1.84 bits per heavy atom. The Labute approximate surface area is 181 Å². The van der Waals surface area contributed by atoms with E-state index in [2.05, 4.69) is 16.0 Å². The number of carbonyl (C=O) groups is 1. The fraction of sp³-hybridized carbons (Fsp3) is 0.333. The lowest BCUT2D eigenvalue weighted by Gasteiger charge is -2.36. The van der Waals surface area contributed by atoms with Gasteiger partial charge in [-0.2, -0.15) is 0 Å². The summed E-state index contributed by atoms with van der Waals surface area (Å²) in [6, 6.07) is 14.4. The van der Waals surface area contributed by atoms with Crippen LogP contribution in [-0.2, 0) is 11.2 Å². The number of anilines is 1. The minimum absolute atomic E-state index is 0.0726. The molecule has 0 N–H and O–H groups in total. The highest BCUT2D eigenvalue weighted by molar-refractivity contribution is 5.76. The Morgan fingerprint density at radius 3 is 2.61 bits per heavy atom. The molecular weight excluding hydrogens is 397 g/mol. The zero-order valence-corrected chi connectivity index (χ0v) is 17.6. The fourth-order valence-electron chi connectivity index (χ4n) is 3.78. The van der Waals surface area contributed by atoms with Crippen molar-refractivity contribution in [1.29, 1.82) is 0 Å². The van der Waals surface area contributed by atoms with Crippen LogP contribution in [0.3, 0.4) is 0 Å². The number of para-hydroxylation sites is 2. The van der Waals surface area contributed by atoms with Gasteiger partial charge in [0.15, 0.2) is 11.7 Å². The highest BCUT2D eigenvalue weighted by Gasteiger charge is 2.23. The van der Waals surface area contributed by atoms with Gasteiger partial charge in [0.1, 0.15) is 11.6 Å². The van der Waals surface area contributed by atoms with E-state index in [1.807, 2.05) is 30.0 Å². The van der Waals surface area contributed by atoms with Gasteiger partial charge >= 0.3 is 0 Å². The zero-order valence-electron chi connectivity index (χ0n) is 17.6. The van der Waals surface area contributed by atoms with E-state index in [-0.39, 0.29) is 11.7 Å². The van der Waals surface area contributed by atoms with Crippen LogP contribution >= 0.6 is 0 Å². The minimum Gasteiger partial charge on any atom is -0.492 e. The molecule has 0 saturated carbocycles. The molecule has 31 heavy (non-hydrogen) atoms. The molecule has 0 bridgehead atoms. The third-order valence-corrected chi connectivity index (χ3v) is 5.38. The Balaban J connectivity index is 1.30. The van der Waals surface area contributed by atoms with Crippen molar-refractivity contribution in [3.05, 3.63) is 66.4 Å². The van der Waals surface area contributed by atoms with E-state index in [4.69, 9.17) is 9.15 Å². The number of carbonyl (C=O) groups excluding carboxylic acids is 1. The van der Waals surface area contributed by atoms with Crippen LogP contribution in [0.4, 0.5) is 10.1 Å². The lowest BCUT2D eigenvalue weighted by molar-refractivity contribution is -0.131. The van der Waals surface area contributed by atoms with Crippen molar-refractivity contribution in [2.24, 2.45) is 0 Å². The number of nitrogens with zero attached hydrogens (tertiary/aromatic N) is 3. The molecule has 7 heteroatoms. The molecule has 4 rings (SSSR count). The second-order valence-corrected chi connectivity index (χ2v) is 7.37. The summed E-state index contributed by atoms with van der Waals surface area (Å²) >= 11 is 0. The van der Waals surface area contributed by atoms with Crippen molar-refractivity contribution >= 4 is 11.6 Å². The summed E-state index contributed by atoms with van der Waals surface area (Å²) in [6.07, 6.45) is 2.21. The van der Waals surface area contributed by atoms with Crippen molar-refractivity contribution in [3.8, 4) is 17.1 Å². The normalized spacial score (nSPS) is 14.0. The van der Waals surface area contributed by atoms with Crippen LogP contribution in [0.1, 0.15) is 19.2 Å². The van der Waals surface area contributed by atoms with Crippen LogP contribution in [0.5, 0.6) is 5.75 Å². The van der Waals surface area contributed by atoms with Crippen LogP contribution in [0.25, 0.3) is 11.3 Å². The third kappa shape index (κ3) is 4.87. The number of benzene rings is 2. The van der Waals surface area contributed by atoms with Gasteiger partial charge in [-0.15, -0.1) is 0 Å². The maximum absolute atomic E-state index is 13.9. The largest absolute Gasteiger partial charge is 0.492 e. The van der Waals surface area contributed by atoms with Gasteiger partial charge in [-0.3, -0.25) is 4.79 Å². The van der Waals surface area contributed by atoms with Crippen molar-refractivity contribution in [2.75, 3.05) is 37.7 Å². The molecule has 3 aromatic rings. The molecule has 2 aromatic carbocycles. The first-order valence-electron chi connectivity index (χ1n) is 10.6. The molecule has 1 saturated heterocycles. The first-order valence-corrected chi connectivity index (χ1v) is 10.6. The van der Waals surface area contributed by atoms with Crippen LogP contribution in [0.2, 0.25) is 0 Å². The van der Waals surface area contributed by atoms with Gasteiger partial charge in [-0.05, 0) is 31.2 Å². The van der Waals surface area contributed by atoms with Crippen LogP contribution < -0.4 is 9.64 Å². The van der Waals surface area contributed by atoms with Crippen molar-refractivity contribution in [3.63, 3.8) is 0 Å². The molecule has 0 atom stereocenters. The lowest BCUT2D eigenvalue weighted by atomic mass is 10.2. The highest BCUT2D eigenvalue weighted by Crippen LogP contribution is 2.29. The van der Waals surface area contributed by atoms with Crippen LogP contribution in [0, 0.1) is 5.82 Å². The summed E-state index contributed by atoms with van der Waals surface area (Å²) in [5.74, 6) is 1.41. The summed E-state index contributed by atoms with van der Waals surface area (Å²) in [4.78, 5) is 21.0. The number of aromatic nitrogens is 1. The lowest BCUT2D eigenvalue weighted by Crippen LogP contribution is -2.49. The summed E-state index contributed by atoms with van der Waals surface area (Å²) in [5, 5.41) is 0. The zero-order chi connectivity index (χ0) is 21.6. The summed E-state index contributed by atoms with van der Waals surface area (Å²) in [5.41, 5.74) is 1.44. The second-order valence-electron chi connectivity index (χ2n) is 7.37. The van der Waals surface area contributed by atoms with Crippen molar-refractivity contribution < 1.29 is 18.3 Å². The molecule has 162 valence electrons. The smallest absolute Gasteiger partial charge is 0.223 e. The van der Waals surface area contributed by atoms with E-state index in [9.17, 15) is 9.18 Å². The number of oxazole rings is 1. The van der Waals surface area contributed by atoms with Crippen molar-refractivity contribution in [2.45, 2.75) is 19.8 Å². The quantitative estimate of drug-likeness (QED) is 0.571. The third-order valence-electron chi connectivity index (χ3n) is 5.38. The van der Waals surface area contributed by atoms with E-state index in [1.165, 1.54) is 12.3 Å². The van der Waals surface area contributed by atoms with E-state index in [0.717, 1.165) is 24.5 Å². The molecule has 0 unspecified atom stereocenters. The Kier molecular flexibility index (Phi) is 6.50. The predicted molar refractivity (Wildman–Crippen MR) is 117 cm³/mol. The monoisotopic (exact) mass is 423 g/mol. The van der Waals surface area contributed by atoms with Crippen molar-refractivity contribution in [1.82, 2.24) is 9.88 Å². The number of ether oxygens (including phenoxy) is 1. The van der Waals surface area contributed by atoms with Gasteiger partial charge in [0, 0.05) is 39.0 Å². The molecular formula is C24H26FN3O3. The van der Waals surface area contributed by atoms with Crippen LogP contribution in [0.15, 0.2) is 59.1 Å². The van der Waals surface area contributed by atoms with Gasteiger partial charge in [-0.1, -0.05) is 24.3 Å². The van der Waals surface area contributed by atoms with E-state index < -0.39 is 0 Å². The number of aryl methyl sites for hydroxylation is 1. The van der Waals surface area contributed by atoms with Crippen LogP contribution in [-0.4, -0.2) is 48.6 Å². The standard InChI is InChI=1S/C24H26FN3O3/c1-2-30-21-10-6-5-9-20(21)27-13-15-28(16-14-27)24(29)12-11-23-26-17-22(31-23)18-7-3-4-8-19(18)25/h3-10,17H,2,11-16H2,1H3. The molecule has 0 radical (unpaired) electrons. The molecule has 1 fully saturated rings. The molecule has 1 aliphatic rings. The fourth-order valence-corrected chi connectivity index (χ4v) is 3.78. The highest BCUT2D eigenvalue weighted by atomic mass is 19.1. The van der Waals surface area contributed by atoms with Gasteiger partial charge in [-0.25, -0.2) is 9.37 Å². The Morgan fingerprint density at radius 1 is 1.10 bits per heavy atom.